The van der Waals surface area contributed by atoms with E-state index in [9.17, 15) is 24.0 Å². The summed E-state index contributed by atoms with van der Waals surface area (Å²) in [6, 6.07) is 9.28. The minimum atomic E-state index is -1.20. The van der Waals surface area contributed by atoms with Gasteiger partial charge in [-0.2, -0.15) is 0 Å². The predicted octanol–water partition coefficient (Wildman–Crippen LogP) is 4.51. The zero-order chi connectivity index (χ0) is 34.5. The molecule has 3 aliphatic carbocycles. The van der Waals surface area contributed by atoms with Crippen molar-refractivity contribution in [3.05, 3.63) is 54.1 Å². The largest absolute Gasteiger partial charge is 0.462 e. The summed E-state index contributed by atoms with van der Waals surface area (Å²) in [5.41, 5.74) is -2.08. The van der Waals surface area contributed by atoms with E-state index >= 15 is 0 Å². The lowest BCUT2D eigenvalue weighted by atomic mass is 9.50. The number of hydrogen-bond donors (Lipinski definition) is 0. The van der Waals surface area contributed by atoms with E-state index in [1.807, 2.05) is 51.1 Å². The molecular formula is C36H44O11. The predicted molar refractivity (Wildman–Crippen MR) is 167 cm³/mol. The third-order valence-corrected chi connectivity index (χ3v) is 10.9. The first-order valence-electron chi connectivity index (χ1n) is 16.1. The molecule has 0 amide bonds. The van der Waals surface area contributed by atoms with Gasteiger partial charge in [-0.15, -0.1) is 0 Å². The maximum Gasteiger partial charge on any atom is 0.331 e. The molecule has 254 valence electrons. The lowest BCUT2D eigenvalue weighted by Crippen LogP contribution is -2.69. The van der Waals surface area contributed by atoms with Crippen LogP contribution in [0.1, 0.15) is 73.3 Å². The average molecular weight is 653 g/mol. The van der Waals surface area contributed by atoms with Crippen molar-refractivity contribution in [2.75, 3.05) is 0 Å². The van der Waals surface area contributed by atoms with Gasteiger partial charge in [-0.25, -0.2) is 4.79 Å². The summed E-state index contributed by atoms with van der Waals surface area (Å²) in [5.74, 6) is -3.94. The Balaban J connectivity index is 1.61. The van der Waals surface area contributed by atoms with Crippen molar-refractivity contribution in [2.24, 2.45) is 23.2 Å². The molecule has 0 radical (unpaired) electrons. The normalized spacial score (nSPS) is 38.8. The Hall–Kier alpha value is -3.99. The monoisotopic (exact) mass is 652 g/mol. The van der Waals surface area contributed by atoms with E-state index in [0.717, 1.165) is 5.56 Å². The van der Waals surface area contributed by atoms with E-state index in [4.69, 9.17) is 28.4 Å². The molecule has 1 aromatic rings. The first kappa shape index (κ1) is 34.3. The molecular weight excluding hydrogens is 608 g/mol. The number of rotatable bonds is 7. The second kappa shape index (κ2) is 12.6. The van der Waals surface area contributed by atoms with Crippen molar-refractivity contribution in [1.82, 2.24) is 0 Å². The zero-order valence-corrected chi connectivity index (χ0v) is 28.0. The minimum Gasteiger partial charge on any atom is -0.462 e. The van der Waals surface area contributed by atoms with Crippen LogP contribution in [-0.2, 0) is 52.4 Å². The summed E-state index contributed by atoms with van der Waals surface area (Å²) in [4.78, 5) is 63.6. The number of carbonyl (C=O) groups is 5. The Morgan fingerprint density at radius 2 is 1.36 bits per heavy atom. The van der Waals surface area contributed by atoms with Crippen molar-refractivity contribution >= 4 is 35.9 Å². The molecule has 0 aromatic heterocycles. The number of ether oxygens (including phenoxy) is 6. The maximum atomic E-state index is 13.1. The molecule has 5 rings (SSSR count). The van der Waals surface area contributed by atoms with Crippen LogP contribution in [0.4, 0.5) is 0 Å². The van der Waals surface area contributed by atoms with Gasteiger partial charge in [-0.3, -0.25) is 19.2 Å². The Morgan fingerprint density at radius 3 is 1.96 bits per heavy atom. The van der Waals surface area contributed by atoms with E-state index < -0.39 is 82.9 Å². The lowest BCUT2D eigenvalue weighted by molar-refractivity contribution is -0.227. The average Bonchev–Trinajstić information content (AvgIpc) is 3.64. The molecule has 0 unspecified atom stereocenters. The summed E-state index contributed by atoms with van der Waals surface area (Å²) < 4.78 is 36.5. The van der Waals surface area contributed by atoms with Gasteiger partial charge in [0, 0.05) is 40.2 Å². The number of benzene rings is 1. The first-order valence-corrected chi connectivity index (χ1v) is 16.1. The number of carbonyl (C=O) groups excluding carboxylic acids is 5. The number of hydrogen-bond acceptors (Lipinski definition) is 11. The molecule has 47 heavy (non-hydrogen) atoms. The van der Waals surface area contributed by atoms with Crippen molar-refractivity contribution in [3.63, 3.8) is 0 Å². The van der Waals surface area contributed by atoms with Gasteiger partial charge in [-0.1, -0.05) is 50.8 Å². The molecule has 11 atom stereocenters. The van der Waals surface area contributed by atoms with Crippen LogP contribution in [0.3, 0.4) is 0 Å². The summed E-state index contributed by atoms with van der Waals surface area (Å²) in [7, 11) is 0. The van der Waals surface area contributed by atoms with Crippen LogP contribution in [-0.4, -0.2) is 71.6 Å². The second-order valence-electron chi connectivity index (χ2n) is 13.7. The third kappa shape index (κ3) is 5.98. The van der Waals surface area contributed by atoms with E-state index in [-0.39, 0.29) is 18.3 Å². The first-order chi connectivity index (χ1) is 22.0. The molecule has 3 saturated carbocycles. The van der Waals surface area contributed by atoms with Gasteiger partial charge in [0.1, 0.15) is 29.5 Å². The Morgan fingerprint density at radius 1 is 0.787 bits per heavy atom. The Bertz CT molecular complexity index is 1480. The molecule has 11 heteroatoms. The highest BCUT2D eigenvalue weighted by molar-refractivity contribution is 5.87. The van der Waals surface area contributed by atoms with Crippen LogP contribution >= 0.6 is 0 Å². The summed E-state index contributed by atoms with van der Waals surface area (Å²) >= 11 is 0. The summed E-state index contributed by atoms with van der Waals surface area (Å²) in [5, 5.41) is 0. The molecule has 1 heterocycles. The van der Waals surface area contributed by atoms with Crippen LogP contribution in [0, 0.1) is 23.2 Å². The SMILES string of the molecule is C=C1[C@@H](OC(=O)/C=C/c2ccccc2)C[C@H](OC(C)=O)[C@]2(C)[C@@H]1C[C@@H]1C[C@H](OC(C)=O)[C@]3(C)O[C@@]3([C@@H]1C)[C@@H](OC(C)=O)[C@@H]2OC(C)=O. The highest BCUT2D eigenvalue weighted by Gasteiger charge is 2.84. The number of epoxide rings is 1. The maximum absolute atomic E-state index is 13.1. The molecule has 2 bridgehead atoms. The number of esters is 5. The van der Waals surface area contributed by atoms with Crippen molar-refractivity contribution < 1.29 is 52.4 Å². The quantitative estimate of drug-likeness (QED) is 0.135. The molecule has 11 nitrogen and oxygen atoms in total. The summed E-state index contributed by atoms with van der Waals surface area (Å²) in [6.07, 6.45) is -0.983. The van der Waals surface area contributed by atoms with Crippen LogP contribution < -0.4 is 0 Å². The van der Waals surface area contributed by atoms with Crippen LogP contribution in [0.25, 0.3) is 6.08 Å². The highest BCUT2D eigenvalue weighted by Crippen LogP contribution is 2.69. The highest BCUT2D eigenvalue weighted by atomic mass is 16.7. The molecule has 4 fully saturated rings. The smallest absolute Gasteiger partial charge is 0.331 e. The zero-order valence-electron chi connectivity index (χ0n) is 28.0. The Labute approximate surface area is 274 Å². The summed E-state index contributed by atoms with van der Waals surface area (Å²) in [6.45, 7) is 15.2. The van der Waals surface area contributed by atoms with E-state index in [0.29, 0.717) is 18.4 Å². The number of fused-ring (bicyclic) bond motifs is 2. The van der Waals surface area contributed by atoms with Gasteiger partial charge in [-0.05, 0) is 54.7 Å². The van der Waals surface area contributed by atoms with Gasteiger partial charge < -0.3 is 28.4 Å². The molecule has 0 N–H and O–H groups in total. The van der Waals surface area contributed by atoms with Crippen molar-refractivity contribution in [1.29, 1.82) is 0 Å². The fourth-order valence-electron chi connectivity index (χ4n) is 8.69. The lowest BCUT2D eigenvalue weighted by Gasteiger charge is -2.58. The molecule has 1 aliphatic heterocycles. The molecule has 1 saturated heterocycles. The topological polar surface area (TPSA) is 144 Å². The van der Waals surface area contributed by atoms with E-state index in [1.165, 1.54) is 33.8 Å². The van der Waals surface area contributed by atoms with Crippen LogP contribution in [0.2, 0.25) is 0 Å². The minimum absolute atomic E-state index is 0.0301. The van der Waals surface area contributed by atoms with Gasteiger partial charge in [0.15, 0.2) is 12.2 Å². The van der Waals surface area contributed by atoms with Crippen LogP contribution in [0.15, 0.2) is 48.6 Å². The van der Waals surface area contributed by atoms with Gasteiger partial charge in [0.05, 0.1) is 5.41 Å². The second-order valence-corrected chi connectivity index (χ2v) is 13.7. The van der Waals surface area contributed by atoms with E-state index in [1.54, 1.807) is 6.08 Å². The third-order valence-electron chi connectivity index (χ3n) is 10.9. The molecule has 1 aromatic carbocycles. The van der Waals surface area contributed by atoms with E-state index in [2.05, 4.69) is 6.58 Å². The molecule has 1 spiro atoms. The standard InChI is InChI=1S/C36H44O11/c1-19-27-16-26-17-30(43-22(4)38)35(8)36(47-35,20(26)2)33(45-24(6)40)32(44-23(5)39)34(27,7)29(42-21(3)37)18-28(19)46-31(41)15-14-25-12-10-9-11-13-25/h9-15,20,26-30,32-33H,1,16-18H2,2-8H3/b15-14+/t20-,26-,27-,28+,29+,30+,32+,33+,34+,35+,36+/m1/s1. The van der Waals surface area contributed by atoms with Gasteiger partial charge in [0.25, 0.3) is 0 Å². The van der Waals surface area contributed by atoms with Gasteiger partial charge >= 0.3 is 29.8 Å². The van der Waals surface area contributed by atoms with Crippen molar-refractivity contribution in [3.8, 4) is 0 Å². The Kier molecular flexibility index (Phi) is 9.18. The van der Waals surface area contributed by atoms with Crippen molar-refractivity contribution in [2.45, 2.75) is 109 Å². The molecule has 4 aliphatic rings. The fraction of sp³-hybridized carbons (Fsp3) is 0.583. The van der Waals surface area contributed by atoms with Crippen LogP contribution in [0.5, 0.6) is 0 Å². The van der Waals surface area contributed by atoms with Gasteiger partial charge in [0.2, 0.25) is 0 Å². The fourth-order valence-corrected chi connectivity index (χ4v) is 8.69.